The zero-order valence-corrected chi connectivity index (χ0v) is 15.6. The lowest BCUT2D eigenvalue weighted by Gasteiger charge is -2.18. The van der Waals surface area contributed by atoms with E-state index in [2.05, 4.69) is 55.2 Å². The van der Waals surface area contributed by atoms with Crippen LogP contribution >= 0.6 is 11.3 Å². The first-order valence-electron chi connectivity index (χ1n) is 8.20. The molecule has 0 radical (unpaired) electrons. The summed E-state index contributed by atoms with van der Waals surface area (Å²) in [5, 5.41) is 9.81. The van der Waals surface area contributed by atoms with Crippen LogP contribution in [0.25, 0.3) is 10.6 Å². The highest BCUT2D eigenvalue weighted by Crippen LogP contribution is 2.31. The molecule has 3 aromatic rings. The molecule has 0 aliphatic rings. The standard InChI is InChI=1S/C19H21N3O2S/c1-5-22(17(23)15-7-6-12-24-15)18-21-20-16(25-18)13-8-10-14(11-9-13)19(2,3)4/h6-12H,5H2,1-4H3. The van der Waals surface area contributed by atoms with E-state index in [0.717, 1.165) is 10.6 Å². The van der Waals surface area contributed by atoms with Crippen molar-refractivity contribution in [1.29, 1.82) is 0 Å². The van der Waals surface area contributed by atoms with Gasteiger partial charge in [-0.05, 0) is 30.0 Å². The Morgan fingerprint density at radius 1 is 1.16 bits per heavy atom. The first-order valence-corrected chi connectivity index (χ1v) is 9.01. The minimum Gasteiger partial charge on any atom is -0.459 e. The third kappa shape index (κ3) is 3.64. The van der Waals surface area contributed by atoms with Gasteiger partial charge in [-0.15, -0.1) is 10.2 Å². The van der Waals surface area contributed by atoms with E-state index in [4.69, 9.17) is 4.42 Å². The van der Waals surface area contributed by atoms with Crippen molar-refractivity contribution in [2.45, 2.75) is 33.1 Å². The molecule has 0 N–H and O–H groups in total. The molecular formula is C19H21N3O2S. The molecule has 0 aliphatic carbocycles. The lowest BCUT2D eigenvalue weighted by Crippen LogP contribution is -2.30. The maximum atomic E-state index is 12.5. The second-order valence-electron chi connectivity index (χ2n) is 6.74. The summed E-state index contributed by atoms with van der Waals surface area (Å²) in [4.78, 5) is 14.1. The van der Waals surface area contributed by atoms with Crippen LogP contribution in [-0.2, 0) is 5.41 Å². The second kappa shape index (κ2) is 6.80. The Hall–Kier alpha value is -2.47. The van der Waals surface area contributed by atoms with Crippen LogP contribution in [-0.4, -0.2) is 22.6 Å². The van der Waals surface area contributed by atoms with Crippen LogP contribution in [0.1, 0.15) is 43.8 Å². The largest absolute Gasteiger partial charge is 0.459 e. The van der Waals surface area contributed by atoms with E-state index in [1.54, 1.807) is 17.0 Å². The van der Waals surface area contributed by atoms with E-state index >= 15 is 0 Å². The molecule has 0 fully saturated rings. The summed E-state index contributed by atoms with van der Waals surface area (Å²) in [6.07, 6.45) is 1.49. The number of nitrogens with zero attached hydrogens (tertiary/aromatic N) is 3. The van der Waals surface area contributed by atoms with Crippen molar-refractivity contribution in [3.8, 4) is 10.6 Å². The van der Waals surface area contributed by atoms with E-state index in [-0.39, 0.29) is 11.3 Å². The molecular weight excluding hydrogens is 334 g/mol. The monoisotopic (exact) mass is 355 g/mol. The third-order valence-corrected chi connectivity index (χ3v) is 4.93. The van der Waals surface area contributed by atoms with Gasteiger partial charge in [0.25, 0.3) is 5.91 Å². The van der Waals surface area contributed by atoms with Crippen molar-refractivity contribution in [2.75, 3.05) is 11.4 Å². The molecule has 25 heavy (non-hydrogen) atoms. The molecule has 5 nitrogen and oxygen atoms in total. The number of amides is 1. The number of carbonyl (C=O) groups is 1. The van der Waals surface area contributed by atoms with Crippen molar-refractivity contribution in [3.63, 3.8) is 0 Å². The highest BCUT2D eigenvalue weighted by atomic mass is 32.1. The number of hydrogen-bond acceptors (Lipinski definition) is 5. The van der Waals surface area contributed by atoms with Gasteiger partial charge in [-0.3, -0.25) is 9.69 Å². The van der Waals surface area contributed by atoms with E-state index in [9.17, 15) is 4.79 Å². The van der Waals surface area contributed by atoms with Crippen molar-refractivity contribution in [3.05, 3.63) is 54.0 Å². The molecule has 0 saturated heterocycles. The highest BCUT2D eigenvalue weighted by Gasteiger charge is 2.22. The number of hydrogen-bond donors (Lipinski definition) is 0. The first-order chi connectivity index (χ1) is 11.9. The molecule has 0 atom stereocenters. The summed E-state index contributed by atoms with van der Waals surface area (Å²) in [7, 11) is 0. The molecule has 2 heterocycles. The van der Waals surface area contributed by atoms with Crippen molar-refractivity contribution in [2.24, 2.45) is 0 Å². The molecule has 3 rings (SSSR count). The molecule has 0 bridgehead atoms. The summed E-state index contributed by atoms with van der Waals surface area (Å²) in [6.45, 7) is 8.95. The van der Waals surface area contributed by atoms with Crippen molar-refractivity contribution in [1.82, 2.24) is 10.2 Å². The molecule has 0 spiro atoms. The van der Waals surface area contributed by atoms with Gasteiger partial charge >= 0.3 is 0 Å². The number of anilines is 1. The molecule has 1 aromatic carbocycles. The van der Waals surface area contributed by atoms with Crippen LogP contribution in [0.15, 0.2) is 47.1 Å². The molecule has 2 aromatic heterocycles. The maximum absolute atomic E-state index is 12.5. The van der Waals surface area contributed by atoms with Crippen LogP contribution < -0.4 is 4.90 Å². The van der Waals surface area contributed by atoms with E-state index < -0.39 is 0 Å². The average Bonchev–Trinajstić information content (AvgIpc) is 3.27. The van der Waals surface area contributed by atoms with Crippen LogP contribution in [0.5, 0.6) is 0 Å². The topological polar surface area (TPSA) is 59.2 Å². The number of aromatic nitrogens is 2. The summed E-state index contributed by atoms with van der Waals surface area (Å²) in [5.74, 6) is 0.0893. The van der Waals surface area contributed by atoms with Crippen LogP contribution in [0.3, 0.4) is 0 Å². The number of benzene rings is 1. The van der Waals surface area contributed by atoms with E-state index in [1.807, 2.05) is 6.92 Å². The fourth-order valence-electron chi connectivity index (χ4n) is 2.45. The predicted molar refractivity (Wildman–Crippen MR) is 100 cm³/mol. The smallest absolute Gasteiger partial charge is 0.295 e. The van der Waals surface area contributed by atoms with Gasteiger partial charge < -0.3 is 4.42 Å². The normalized spacial score (nSPS) is 11.5. The average molecular weight is 355 g/mol. The fraction of sp³-hybridized carbons (Fsp3) is 0.316. The van der Waals surface area contributed by atoms with Gasteiger partial charge in [0.1, 0.15) is 5.01 Å². The molecule has 0 saturated carbocycles. The maximum Gasteiger partial charge on any atom is 0.295 e. The molecule has 130 valence electrons. The quantitative estimate of drug-likeness (QED) is 0.677. The Bertz CT molecular complexity index is 846. The Kier molecular flexibility index (Phi) is 4.72. The lowest BCUT2D eigenvalue weighted by molar-refractivity contribution is 0.0961. The summed E-state index contributed by atoms with van der Waals surface area (Å²) in [5.41, 5.74) is 2.38. The van der Waals surface area contributed by atoms with Crippen LogP contribution in [0, 0.1) is 0 Å². The van der Waals surface area contributed by atoms with E-state index in [0.29, 0.717) is 17.4 Å². The zero-order valence-electron chi connectivity index (χ0n) is 14.8. The van der Waals surface area contributed by atoms with E-state index in [1.165, 1.54) is 23.2 Å². The number of rotatable bonds is 4. The summed E-state index contributed by atoms with van der Waals surface area (Å²) >= 11 is 1.40. The molecule has 0 aliphatic heterocycles. The Morgan fingerprint density at radius 3 is 2.44 bits per heavy atom. The zero-order chi connectivity index (χ0) is 18.0. The van der Waals surface area contributed by atoms with Crippen LogP contribution in [0.4, 0.5) is 5.13 Å². The molecule has 6 heteroatoms. The minimum absolute atomic E-state index is 0.110. The Balaban J connectivity index is 1.85. The Labute approximate surface area is 151 Å². The van der Waals surface area contributed by atoms with Gasteiger partial charge in [0.05, 0.1) is 6.26 Å². The van der Waals surface area contributed by atoms with Gasteiger partial charge in [0.2, 0.25) is 5.13 Å². The first kappa shape index (κ1) is 17.4. The minimum atomic E-state index is -0.210. The third-order valence-electron chi connectivity index (χ3n) is 3.94. The molecule has 0 unspecified atom stereocenters. The Morgan fingerprint density at radius 2 is 1.88 bits per heavy atom. The molecule has 1 amide bonds. The second-order valence-corrected chi connectivity index (χ2v) is 7.70. The SMILES string of the molecule is CCN(C(=O)c1ccco1)c1nnc(-c2ccc(C(C)(C)C)cc2)s1. The van der Waals surface area contributed by atoms with Crippen LogP contribution in [0.2, 0.25) is 0 Å². The van der Waals surface area contributed by atoms with Gasteiger partial charge in [-0.2, -0.15) is 0 Å². The van der Waals surface area contributed by atoms with Crippen molar-refractivity contribution >= 4 is 22.4 Å². The fourth-order valence-corrected chi connectivity index (χ4v) is 3.37. The highest BCUT2D eigenvalue weighted by molar-refractivity contribution is 7.18. The number of carbonyl (C=O) groups excluding carboxylic acids is 1. The van der Waals surface area contributed by atoms with Gasteiger partial charge in [-0.25, -0.2) is 0 Å². The van der Waals surface area contributed by atoms with Crippen molar-refractivity contribution < 1.29 is 9.21 Å². The van der Waals surface area contributed by atoms with Gasteiger partial charge in [0, 0.05) is 12.1 Å². The number of furan rings is 1. The summed E-state index contributed by atoms with van der Waals surface area (Å²) < 4.78 is 5.20. The lowest BCUT2D eigenvalue weighted by atomic mass is 9.87. The predicted octanol–water partition coefficient (Wildman–Crippen LogP) is 4.76. The summed E-state index contributed by atoms with van der Waals surface area (Å²) in [6, 6.07) is 11.7. The van der Waals surface area contributed by atoms with Gasteiger partial charge in [0.15, 0.2) is 5.76 Å². The van der Waals surface area contributed by atoms with Gasteiger partial charge in [-0.1, -0.05) is 56.4 Å².